The third-order valence-electron chi connectivity index (χ3n) is 3.33. The predicted molar refractivity (Wildman–Crippen MR) is 62.8 cm³/mol. The Balaban J connectivity index is 2.22. The summed E-state index contributed by atoms with van der Waals surface area (Å²) in [7, 11) is 1.61. The summed E-state index contributed by atoms with van der Waals surface area (Å²) in [5, 5.41) is 9.41. The van der Waals surface area contributed by atoms with Gasteiger partial charge in [0.15, 0.2) is 0 Å². The van der Waals surface area contributed by atoms with Crippen LogP contribution in [0.4, 0.5) is 5.69 Å². The summed E-state index contributed by atoms with van der Waals surface area (Å²) >= 11 is 0. The van der Waals surface area contributed by atoms with Gasteiger partial charge < -0.3 is 14.7 Å². The highest BCUT2D eigenvalue weighted by Gasteiger charge is 2.30. The number of ether oxygens (including phenoxy) is 1. The van der Waals surface area contributed by atoms with E-state index in [1.54, 1.807) is 13.3 Å². The molecule has 0 aliphatic carbocycles. The molecule has 1 N–H and O–H groups in total. The SMILES string of the molecule is COc1cc(N2CCC(C)C2CO)ccn1. The number of hydrogen-bond acceptors (Lipinski definition) is 4. The summed E-state index contributed by atoms with van der Waals surface area (Å²) in [6.07, 6.45) is 2.86. The smallest absolute Gasteiger partial charge is 0.214 e. The maximum absolute atomic E-state index is 9.41. The largest absolute Gasteiger partial charge is 0.481 e. The molecular formula is C12H18N2O2. The Morgan fingerprint density at radius 1 is 1.62 bits per heavy atom. The Bertz CT molecular complexity index is 357. The number of aromatic nitrogens is 1. The molecule has 4 nitrogen and oxygen atoms in total. The van der Waals surface area contributed by atoms with Crippen LogP contribution in [-0.4, -0.2) is 36.4 Å². The number of methoxy groups -OCH3 is 1. The molecule has 1 aromatic rings. The standard InChI is InChI=1S/C12H18N2O2/c1-9-4-6-14(11(9)8-15)10-3-5-13-12(7-10)16-2/h3,5,7,9,11,15H,4,6,8H2,1-2H3. The van der Waals surface area contributed by atoms with Crippen molar-refractivity contribution in [3.05, 3.63) is 18.3 Å². The second kappa shape index (κ2) is 4.70. The topological polar surface area (TPSA) is 45.6 Å². The molecule has 0 radical (unpaired) electrons. The number of nitrogens with zero attached hydrogens (tertiary/aromatic N) is 2. The van der Waals surface area contributed by atoms with Crippen molar-refractivity contribution in [3.63, 3.8) is 0 Å². The van der Waals surface area contributed by atoms with Gasteiger partial charge in [-0.15, -0.1) is 0 Å². The molecule has 0 spiro atoms. The van der Waals surface area contributed by atoms with Gasteiger partial charge in [-0.3, -0.25) is 0 Å². The van der Waals surface area contributed by atoms with Gasteiger partial charge in [0.25, 0.3) is 0 Å². The molecule has 1 aliphatic heterocycles. The quantitative estimate of drug-likeness (QED) is 0.837. The molecule has 1 aromatic heterocycles. The lowest BCUT2D eigenvalue weighted by atomic mass is 10.0. The minimum atomic E-state index is 0.200. The van der Waals surface area contributed by atoms with Crippen molar-refractivity contribution in [2.24, 2.45) is 5.92 Å². The van der Waals surface area contributed by atoms with Gasteiger partial charge in [0, 0.05) is 24.5 Å². The number of hydrogen-bond donors (Lipinski definition) is 1. The monoisotopic (exact) mass is 222 g/mol. The molecule has 2 rings (SSSR count). The second-order valence-electron chi connectivity index (χ2n) is 4.27. The molecule has 2 heterocycles. The molecule has 2 atom stereocenters. The first kappa shape index (κ1) is 11.2. The third kappa shape index (κ3) is 1.97. The van der Waals surface area contributed by atoms with Crippen LogP contribution in [0.25, 0.3) is 0 Å². The summed E-state index contributed by atoms with van der Waals surface area (Å²) in [5.41, 5.74) is 1.08. The number of pyridine rings is 1. The summed E-state index contributed by atoms with van der Waals surface area (Å²) in [6, 6.07) is 4.09. The van der Waals surface area contributed by atoms with Crippen LogP contribution in [0, 0.1) is 5.92 Å². The Hall–Kier alpha value is -1.29. The van der Waals surface area contributed by atoms with E-state index < -0.39 is 0 Å². The molecule has 88 valence electrons. The maximum atomic E-state index is 9.41. The van der Waals surface area contributed by atoms with Crippen LogP contribution < -0.4 is 9.64 Å². The van der Waals surface area contributed by atoms with E-state index in [0.717, 1.165) is 18.7 Å². The van der Waals surface area contributed by atoms with Gasteiger partial charge in [0.05, 0.1) is 19.8 Å². The van der Waals surface area contributed by atoms with Crippen molar-refractivity contribution >= 4 is 5.69 Å². The molecule has 4 heteroatoms. The third-order valence-corrected chi connectivity index (χ3v) is 3.33. The van der Waals surface area contributed by atoms with E-state index in [1.165, 1.54) is 0 Å². The van der Waals surface area contributed by atoms with Crippen molar-refractivity contribution < 1.29 is 9.84 Å². The Morgan fingerprint density at radius 3 is 3.12 bits per heavy atom. The molecule has 16 heavy (non-hydrogen) atoms. The molecule has 1 saturated heterocycles. The first-order valence-electron chi connectivity index (χ1n) is 5.63. The van der Waals surface area contributed by atoms with Crippen molar-refractivity contribution in [1.82, 2.24) is 4.98 Å². The molecule has 2 unspecified atom stereocenters. The van der Waals surface area contributed by atoms with Gasteiger partial charge in [-0.05, 0) is 18.4 Å². The fourth-order valence-electron chi connectivity index (χ4n) is 2.30. The van der Waals surface area contributed by atoms with Crippen molar-refractivity contribution in [2.45, 2.75) is 19.4 Å². The van der Waals surface area contributed by atoms with E-state index in [1.807, 2.05) is 12.1 Å². The highest BCUT2D eigenvalue weighted by atomic mass is 16.5. The maximum Gasteiger partial charge on any atom is 0.214 e. The zero-order valence-corrected chi connectivity index (χ0v) is 9.76. The van der Waals surface area contributed by atoms with Gasteiger partial charge in [-0.25, -0.2) is 4.98 Å². The molecule has 0 amide bonds. The van der Waals surface area contributed by atoms with Crippen LogP contribution in [0.5, 0.6) is 5.88 Å². The van der Waals surface area contributed by atoms with Crippen molar-refractivity contribution in [1.29, 1.82) is 0 Å². The van der Waals surface area contributed by atoms with Crippen LogP contribution in [0.2, 0.25) is 0 Å². The zero-order chi connectivity index (χ0) is 11.5. The molecular weight excluding hydrogens is 204 g/mol. The number of anilines is 1. The fourth-order valence-corrected chi connectivity index (χ4v) is 2.30. The average molecular weight is 222 g/mol. The van der Waals surface area contributed by atoms with Gasteiger partial charge in [0.2, 0.25) is 5.88 Å². The lowest BCUT2D eigenvalue weighted by Crippen LogP contribution is -2.35. The van der Waals surface area contributed by atoms with Crippen molar-refractivity contribution in [3.8, 4) is 5.88 Å². The molecule has 0 saturated carbocycles. The van der Waals surface area contributed by atoms with E-state index in [-0.39, 0.29) is 12.6 Å². The van der Waals surface area contributed by atoms with Gasteiger partial charge in [0.1, 0.15) is 0 Å². The minimum Gasteiger partial charge on any atom is -0.481 e. The lowest BCUT2D eigenvalue weighted by molar-refractivity contribution is 0.244. The first-order chi connectivity index (χ1) is 7.76. The minimum absolute atomic E-state index is 0.200. The van der Waals surface area contributed by atoms with E-state index in [4.69, 9.17) is 4.74 Å². The van der Waals surface area contributed by atoms with E-state index in [2.05, 4.69) is 16.8 Å². The number of aliphatic hydroxyl groups is 1. The van der Waals surface area contributed by atoms with E-state index >= 15 is 0 Å². The van der Waals surface area contributed by atoms with Crippen LogP contribution in [0.15, 0.2) is 18.3 Å². The zero-order valence-electron chi connectivity index (χ0n) is 9.76. The average Bonchev–Trinajstić information content (AvgIpc) is 2.70. The fraction of sp³-hybridized carbons (Fsp3) is 0.583. The van der Waals surface area contributed by atoms with Crippen molar-refractivity contribution in [2.75, 3.05) is 25.2 Å². The van der Waals surface area contributed by atoms with Crippen LogP contribution in [0.3, 0.4) is 0 Å². The second-order valence-corrected chi connectivity index (χ2v) is 4.27. The number of rotatable bonds is 3. The summed E-state index contributed by atoms with van der Waals surface area (Å²) < 4.78 is 5.11. The van der Waals surface area contributed by atoms with Gasteiger partial charge in [-0.2, -0.15) is 0 Å². The molecule has 0 aromatic carbocycles. The summed E-state index contributed by atoms with van der Waals surface area (Å²) in [5.74, 6) is 1.15. The van der Waals surface area contributed by atoms with E-state index in [0.29, 0.717) is 11.8 Å². The van der Waals surface area contributed by atoms with Gasteiger partial charge in [-0.1, -0.05) is 6.92 Å². The highest BCUT2D eigenvalue weighted by Crippen LogP contribution is 2.30. The Morgan fingerprint density at radius 2 is 2.44 bits per heavy atom. The number of aliphatic hydroxyl groups excluding tert-OH is 1. The molecule has 1 fully saturated rings. The highest BCUT2D eigenvalue weighted by molar-refractivity contribution is 5.50. The summed E-state index contributed by atoms with van der Waals surface area (Å²) in [4.78, 5) is 6.32. The normalized spacial score (nSPS) is 24.8. The molecule has 1 aliphatic rings. The molecule has 0 bridgehead atoms. The summed E-state index contributed by atoms with van der Waals surface area (Å²) in [6.45, 7) is 3.37. The Kier molecular flexibility index (Phi) is 3.29. The van der Waals surface area contributed by atoms with E-state index in [9.17, 15) is 5.11 Å². The van der Waals surface area contributed by atoms with Crippen LogP contribution in [0.1, 0.15) is 13.3 Å². The Labute approximate surface area is 95.9 Å². The van der Waals surface area contributed by atoms with Gasteiger partial charge >= 0.3 is 0 Å². The van der Waals surface area contributed by atoms with Crippen LogP contribution >= 0.6 is 0 Å². The predicted octanol–water partition coefficient (Wildman–Crippen LogP) is 1.30. The van der Waals surface area contributed by atoms with Crippen LogP contribution in [-0.2, 0) is 0 Å². The first-order valence-corrected chi connectivity index (χ1v) is 5.63. The lowest BCUT2D eigenvalue weighted by Gasteiger charge is -2.27.